The van der Waals surface area contributed by atoms with Gasteiger partial charge in [0.1, 0.15) is 11.1 Å². The van der Waals surface area contributed by atoms with Crippen molar-refractivity contribution >= 4 is 22.7 Å². The van der Waals surface area contributed by atoms with Crippen molar-refractivity contribution in [2.45, 2.75) is 71.3 Å². The number of aromatic amines is 1. The SMILES string of the molecule is C[C@H](NC(=O)OC(C)(C)C)C1CCN(c2ccc3c(=O)[nH]c(=O)n(C4CC4)c3c2OC(F)F)C1. The topological polar surface area (TPSA) is 106 Å². The summed E-state index contributed by atoms with van der Waals surface area (Å²) in [6, 6.07) is 2.74. The number of anilines is 1. The third-order valence-corrected chi connectivity index (χ3v) is 6.17. The first-order valence-corrected chi connectivity index (χ1v) is 11.5. The molecule has 1 aromatic heterocycles. The number of nitrogens with one attached hydrogen (secondary N) is 2. The quantitative estimate of drug-likeness (QED) is 0.657. The lowest BCUT2D eigenvalue weighted by Gasteiger charge is -2.26. The number of rotatable bonds is 6. The number of alkyl halides is 2. The zero-order chi connectivity index (χ0) is 24.8. The summed E-state index contributed by atoms with van der Waals surface area (Å²) >= 11 is 0. The molecule has 2 aliphatic rings. The Balaban J connectivity index is 1.66. The Labute approximate surface area is 195 Å². The lowest BCUT2D eigenvalue weighted by atomic mass is 10.0. The first-order chi connectivity index (χ1) is 15.9. The van der Waals surface area contributed by atoms with Gasteiger partial charge in [0.2, 0.25) is 0 Å². The van der Waals surface area contributed by atoms with Crippen LogP contribution in [0.25, 0.3) is 10.9 Å². The minimum Gasteiger partial charge on any atom is -0.444 e. The van der Waals surface area contributed by atoms with E-state index in [1.807, 2.05) is 11.8 Å². The third kappa shape index (κ3) is 5.02. The molecule has 1 amide bonds. The van der Waals surface area contributed by atoms with Crippen molar-refractivity contribution in [1.29, 1.82) is 0 Å². The molecule has 2 N–H and O–H groups in total. The largest absolute Gasteiger partial charge is 0.444 e. The Kier molecular flexibility index (Phi) is 6.30. The monoisotopic (exact) mass is 480 g/mol. The number of carbonyl (C=O) groups is 1. The predicted molar refractivity (Wildman–Crippen MR) is 123 cm³/mol. The van der Waals surface area contributed by atoms with Crippen LogP contribution in [0.15, 0.2) is 21.7 Å². The molecular weight excluding hydrogens is 450 g/mol. The van der Waals surface area contributed by atoms with Gasteiger partial charge in [-0.3, -0.25) is 14.3 Å². The standard InChI is InChI=1S/C23H30F2N4O5/c1-12(26-22(32)34-23(2,3)4)13-9-10-28(11-13)16-8-7-15-17(18(16)33-20(24)25)29(14-5-6-14)21(31)27-19(15)30/h7-8,12-14,20H,5-6,9-11H2,1-4H3,(H,26,32)(H,27,30,31)/t12-,13?/m0/s1. The summed E-state index contributed by atoms with van der Waals surface area (Å²) in [7, 11) is 0. The number of nitrogens with zero attached hydrogens (tertiary/aromatic N) is 2. The van der Waals surface area contributed by atoms with Crippen LogP contribution in [0.1, 0.15) is 53.0 Å². The molecule has 9 nitrogen and oxygen atoms in total. The maximum atomic E-state index is 13.5. The number of ether oxygens (including phenoxy) is 2. The lowest BCUT2D eigenvalue weighted by Crippen LogP contribution is -2.42. The number of alkyl carbamates (subject to hydrolysis) is 1. The molecule has 186 valence electrons. The van der Waals surface area contributed by atoms with E-state index < -0.39 is 29.6 Å². The highest BCUT2D eigenvalue weighted by Crippen LogP contribution is 2.42. The summed E-state index contributed by atoms with van der Waals surface area (Å²) < 4.78 is 38.6. The molecule has 2 atom stereocenters. The van der Waals surface area contributed by atoms with Crippen LogP contribution in [0.5, 0.6) is 5.75 Å². The molecule has 0 radical (unpaired) electrons. The van der Waals surface area contributed by atoms with Gasteiger partial charge in [0.25, 0.3) is 5.56 Å². The molecule has 1 saturated carbocycles. The van der Waals surface area contributed by atoms with Crippen LogP contribution >= 0.6 is 0 Å². The van der Waals surface area contributed by atoms with Gasteiger partial charge < -0.3 is 19.7 Å². The van der Waals surface area contributed by atoms with Crippen LogP contribution in [0, 0.1) is 5.92 Å². The molecule has 2 heterocycles. The zero-order valence-corrected chi connectivity index (χ0v) is 19.7. The van der Waals surface area contributed by atoms with Crippen molar-refractivity contribution < 1.29 is 23.0 Å². The maximum absolute atomic E-state index is 13.5. The van der Waals surface area contributed by atoms with E-state index in [0.717, 1.165) is 12.8 Å². The molecule has 1 aliphatic heterocycles. The van der Waals surface area contributed by atoms with Gasteiger partial charge in [0.05, 0.1) is 11.1 Å². The van der Waals surface area contributed by atoms with Crippen LogP contribution in [0.4, 0.5) is 19.3 Å². The van der Waals surface area contributed by atoms with Crippen molar-refractivity contribution in [2.24, 2.45) is 5.92 Å². The second-order valence-electron chi connectivity index (χ2n) is 9.98. The van der Waals surface area contributed by atoms with E-state index in [4.69, 9.17) is 9.47 Å². The Morgan fingerprint density at radius 3 is 2.53 bits per heavy atom. The summed E-state index contributed by atoms with van der Waals surface area (Å²) in [5.74, 6) is -0.136. The number of hydrogen-bond donors (Lipinski definition) is 2. The molecule has 2 fully saturated rings. The number of H-pyrrole nitrogens is 1. The van der Waals surface area contributed by atoms with Gasteiger partial charge in [-0.25, -0.2) is 9.59 Å². The summed E-state index contributed by atoms with van der Waals surface area (Å²) in [6.45, 7) is 5.10. The second-order valence-corrected chi connectivity index (χ2v) is 9.98. The fourth-order valence-corrected chi connectivity index (χ4v) is 4.47. The number of halogens is 2. The average Bonchev–Trinajstić information content (AvgIpc) is 3.41. The van der Waals surface area contributed by atoms with Crippen molar-refractivity contribution in [3.05, 3.63) is 33.0 Å². The van der Waals surface area contributed by atoms with Gasteiger partial charge in [-0.15, -0.1) is 0 Å². The van der Waals surface area contributed by atoms with Crippen LogP contribution in [-0.2, 0) is 4.74 Å². The Hall–Kier alpha value is -3.11. The van der Waals surface area contributed by atoms with Crippen LogP contribution < -0.4 is 26.2 Å². The van der Waals surface area contributed by atoms with Gasteiger partial charge in [-0.2, -0.15) is 8.78 Å². The fraction of sp³-hybridized carbons (Fsp3) is 0.609. The molecular formula is C23H30F2N4O5. The number of aromatic nitrogens is 2. The van der Waals surface area contributed by atoms with E-state index >= 15 is 0 Å². The molecule has 0 bridgehead atoms. The molecule has 34 heavy (non-hydrogen) atoms. The molecule has 2 aromatic rings. The Bertz CT molecular complexity index is 1200. The smallest absolute Gasteiger partial charge is 0.407 e. The Morgan fingerprint density at radius 2 is 1.91 bits per heavy atom. The van der Waals surface area contributed by atoms with Gasteiger partial charge in [0, 0.05) is 25.2 Å². The first-order valence-electron chi connectivity index (χ1n) is 11.5. The number of hydrogen-bond acceptors (Lipinski definition) is 6. The van der Waals surface area contributed by atoms with E-state index in [9.17, 15) is 23.2 Å². The lowest BCUT2D eigenvalue weighted by molar-refractivity contribution is -0.0487. The molecule has 1 saturated heterocycles. The highest BCUT2D eigenvalue weighted by atomic mass is 19.3. The van der Waals surface area contributed by atoms with Crippen molar-refractivity contribution in [2.75, 3.05) is 18.0 Å². The van der Waals surface area contributed by atoms with Crippen molar-refractivity contribution in [3.8, 4) is 5.75 Å². The molecule has 1 aliphatic carbocycles. The van der Waals surface area contributed by atoms with E-state index in [-0.39, 0.29) is 34.7 Å². The second kappa shape index (κ2) is 8.92. The summed E-state index contributed by atoms with van der Waals surface area (Å²) in [5, 5.41) is 2.97. The molecule has 1 unspecified atom stereocenters. The molecule has 4 rings (SSSR count). The fourth-order valence-electron chi connectivity index (χ4n) is 4.47. The zero-order valence-electron chi connectivity index (χ0n) is 19.7. The third-order valence-electron chi connectivity index (χ3n) is 6.17. The summed E-state index contributed by atoms with van der Waals surface area (Å²) in [5.41, 5.74) is -1.41. The highest BCUT2D eigenvalue weighted by Gasteiger charge is 2.34. The molecule has 11 heteroatoms. The first kappa shape index (κ1) is 24.0. The van der Waals surface area contributed by atoms with E-state index in [1.54, 1.807) is 26.8 Å². The van der Waals surface area contributed by atoms with E-state index in [1.165, 1.54) is 10.6 Å². The maximum Gasteiger partial charge on any atom is 0.407 e. The molecule has 1 aromatic carbocycles. The average molecular weight is 481 g/mol. The minimum atomic E-state index is -3.13. The highest BCUT2D eigenvalue weighted by molar-refractivity contribution is 5.90. The van der Waals surface area contributed by atoms with Crippen molar-refractivity contribution in [3.63, 3.8) is 0 Å². The van der Waals surface area contributed by atoms with Crippen LogP contribution in [0.2, 0.25) is 0 Å². The van der Waals surface area contributed by atoms with Gasteiger partial charge >= 0.3 is 18.4 Å². The van der Waals surface area contributed by atoms with Gasteiger partial charge in [-0.1, -0.05) is 0 Å². The number of fused-ring (bicyclic) bond motifs is 1. The number of carbonyl (C=O) groups excluding carboxylic acids is 1. The normalized spacial score (nSPS) is 19.5. The molecule has 0 spiro atoms. The van der Waals surface area contributed by atoms with Gasteiger partial charge in [0.15, 0.2) is 5.75 Å². The van der Waals surface area contributed by atoms with Gasteiger partial charge in [-0.05, 0) is 65.0 Å². The minimum absolute atomic E-state index is 0.0346. The van der Waals surface area contributed by atoms with Crippen LogP contribution in [-0.4, -0.2) is 47.0 Å². The Morgan fingerprint density at radius 1 is 1.21 bits per heavy atom. The van der Waals surface area contributed by atoms with Crippen LogP contribution in [0.3, 0.4) is 0 Å². The number of benzene rings is 1. The van der Waals surface area contributed by atoms with Crippen molar-refractivity contribution in [1.82, 2.24) is 14.9 Å². The summed E-state index contributed by atoms with van der Waals surface area (Å²) in [6.07, 6.45) is 1.63. The number of amides is 1. The van der Waals surface area contributed by atoms with E-state index in [2.05, 4.69) is 10.3 Å². The predicted octanol–water partition coefficient (Wildman–Crippen LogP) is 3.37. The van der Waals surface area contributed by atoms with E-state index in [0.29, 0.717) is 25.2 Å². The summed E-state index contributed by atoms with van der Waals surface area (Å²) in [4.78, 5) is 41.3.